The van der Waals surface area contributed by atoms with Crippen LogP contribution in [0.1, 0.15) is 0 Å². The van der Waals surface area contributed by atoms with Crippen molar-refractivity contribution in [1.82, 2.24) is 0 Å². The molecule has 0 aliphatic carbocycles. The van der Waals surface area contributed by atoms with Crippen molar-refractivity contribution in [3.63, 3.8) is 0 Å². The first-order chi connectivity index (χ1) is 9.23. The summed E-state index contributed by atoms with van der Waals surface area (Å²) >= 11 is 0. The number of nitriles is 1. The minimum absolute atomic E-state index is 0.0237. The molecule has 1 aromatic carbocycles. The minimum Gasteiger partial charge on any atom is -0.382 e. The second-order valence-corrected chi connectivity index (χ2v) is 5.41. The van der Waals surface area contributed by atoms with Crippen molar-refractivity contribution in [2.75, 3.05) is 16.4 Å². The number of benzene rings is 1. The van der Waals surface area contributed by atoms with E-state index >= 15 is 0 Å². The number of hydrazone groups is 1. The monoisotopic (exact) mass is 298 g/mol. The van der Waals surface area contributed by atoms with Crippen LogP contribution in [0.15, 0.2) is 23.3 Å². The van der Waals surface area contributed by atoms with Gasteiger partial charge in [0.1, 0.15) is 11.9 Å². The number of anilines is 2. The second kappa shape index (κ2) is 5.98. The van der Waals surface area contributed by atoms with Gasteiger partial charge in [0, 0.05) is 6.07 Å². The Hall–Kier alpha value is -2.67. The number of nitrogens with one attached hydrogen (secondary N) is 3. The van der Waals surface area contributed by atoms with Gasteiger partial charge in [0.25, 0.3) is 0 Å². The topological polar surface area (TPSA) is 144 Å². The van der Waals surface area contributed by atoms with Crippen LogP contribution in [0.4, 0.5) is 15.8 Å². The molecule has 1 aromatic rings. The predicted octanol–water partition coefficient (Wildman–Crippen LogP) is 0.425. The van der Waals surface area contributed by atoms with E-state index < -0.39 is 27.4 Å². The summed E-state index contributed by atoms with van der Waals surface area (Å²) in [6, 6.07) is 4.78. The van der Waals surface area contributed by atoms with E-state index in [0.717, 1.165) is 18.4 Å². The summed E-state index contributed by atoms with van der Waals surface area (Å²) < 4.78 is 37.6. The third kappa shape index (κ3) is 4.54. The molecular formula is C10H11FN6O2S. The summed E-state index contributed by atoms with van der Waals surface area (Å²) in [5.41, 5.74) is 6.97. The van der Waals surface area contributed by atoms with Gasteiger partial charge in [0.2, 0.25) is 15.7 Å². The zero-order chi connectivity index (χ0) is 15.3. The van der Waals surface area contributed by atoms with Gasteiger partial charge in [-0.2, -0.15) is 10.4 Å². The van der Waals surface area contributed by atoms with Crippen LogP contribution in [0.25, 0.3) is 0 Å². The summed E-state index contributed by atoms with van der Waals surface area (Å²) in [5.74, 6) is -1.21. The lowest BCUT2D eigenvalue weighted by Gasteiger charge is -2.10. The van der Waals surface area contributed by atoms with Gasteiger partial charge in [-0.05, 0) is 12.1 Å². The van der Waals surface area contributed by atoms with Gasteiger partial charge in [-0.3, -0.25) is 15.6 Å². The van der Waals surface area contributed by atoms with Gasteiger partial charge in [-0.25, -0.2) is 12.8 Å². The Morgan fingerprint density at radius 3 is 2.65 bits per heavy atom. The Balaban J connectivity index is 3.14. The van der Waals surface area contributed by atoms with E-state index in [2.05, 4.69) is 15.2 Å². The molecule has 8 nitrogen and oxygen atoms in total. The third-order valence-corrected chi connectivity index (χ3v) is 2.52. The Morgan fingerprint density at radius 2 is 2.15 bits per heavy atom. The van der Waals surface area contributed by atoms with Crippen molar-refractivity contribution < 1.29 is 12.8 Å². The lowest BCUT2D eigenvalue weighted by molar-refractivity contribution is 0.606. The maximum Gasteiger partial charge on any atom is 0.229 e. The number of rotatable bonds is 5. The highest BCUT2D eigenvalue weighted by Crippen LogP contribution is 2.23. The van der Waals surface area contributed by atoms with Gasteiger partial charge in [0.15, 0.2) is 5.84 Å². The van der Waals surface area contributed by atoms with Gasteiger partial charge in [0.05, 0.1) is 17.6 Å². The Morgan fingerprint density at radius 1 is 1.50 bits per heavy atom. The van der Waals surface area contributed by atoms with E-state index in [9.17, 15) is 12.8 Å². The van der Waals surface area contributed by atoms with Crippen molar-refractivity contribution in [3.05, 3.63) is 24.0 Å². The average Bonchev–Trinajstić information content (AvgIpc) is 2.31. The fourth-order valence-electron chi connectivity index (χ4n) is 1.16. The van der Waals surface area contributed by atoms with Crippen molar-refractivity contribution in [2.45, 2.75) is 0 Å². The number of amidine groups is 1. The van der Waals surface area contributed by atoms with Crippen LogP contribution >= 0.6 is 0 Å². The van der Waals surface area contributed by atoms with Crippen LogP contribution in [0.2, 0.25) is 0 Å². The van der Waals surface area contributed by atoms with Gasteiger partial charge in [-0.15, -0.1) is 0 Å². The highest BCUT2D eigenvalue weighted by atomic mass is 32.2. The molecule has 0 radical (unpaired) electrons. The van der Waals surface area contributed by atoms with Gasteiger partial charge >= 0.3 is 0 Å². The molecule has 0 bridgehead atoms. The van der Waals surface area contributed by atoms with E-state index in [0.29, 0.717) is 0 Å². The molecule has 0 saturated heterocycles. The number of hydrogen-bond donors (Lipinski definition) is 4. The van der Waals surface area contributed by atoms with Gasteiger partial charge in [-0.1, -0.05) is 0 Å². The molecule has 0 heterocycles. The maximum absolute atomic E-state index is 13.1. The molecule has 0 fully saturated rings. The molecular weight excluding hydrogens is 287 g/mol. The molecule has 0 unspecified atom stereocenters. The molecule has 0 amide bonds. The summed E-state index contributed by atoms with van der Waals surface area (Å²) in [5, 5.41) is 19.2. The van der Waals surface area contributed by atoms with Crippen LogP contribution in [-0.2, 0) is 10.0 Å². The highest BCUT2D eigenvalue weighted by Gasteiger charge is 2.09. The molecule has 5 N–H and O–H groups in total. The lowest BCUT2D eigenvalue weighted by atomic mass is 10.3. The quantitative estimate of drug-likeness (QED) is 0.354. The first-order valence-electron chi connectivity index (χ1n) is 5.08. The molecule has 10 heteroatoms. The first-order valence-corrected chi connectivity index (χ1v) is 6.97. The average molecular weight is 298 g/mol. The van der Waals surface area contributed by atoms with E-state index in [4.69, 9.17) is 16.4 Å². The van der Waals surface area contributed by atoms with Crippen LogP contribution < -0.4 is 15.9 Å². The molecule has 0 spiro atoms. The molecule has 0 atom stereocenters. The van der Waals surface area contributed by atoms with Gasteiger partial charge < -0.3 is 5.73 Å². The fraction of sp³-hybridized carbons (Fsp3) is 0.100. The smallest absolute Gasteiger partial charge is 0.229 e. The second-order valence-electron chi connectivity index (χ2n) is 3.66. The number of halogens is 1. The SMILES string of the molecule is CS(=O)(=O)Nc1ccc(F)cc1N/N=C(\C#N)C(=N)N. The molecule has 0 aliphatic rings. The summed E-state index contributed by atoms with van der Waals surface area (Å²) in [4.78, 5) is 0. The minimum atomic E-state index is -3.57. The summed E-state index contributed by atoms with van der Waals surface area (Å²) in [7, 11) is -3.57. The molecule has 1 rings (SSSR count). The van der Waals surface area contributed by atoms with E-state index in [1.54, 1.807) is 6.07 Å². The maximum atomic E-state index is 13.1. The Kier molecular flexibility index (Phi) is 4.60. The number of sulfonamides is 1. The molecule has 106 valence electrons. The predicted molar refractivity (Wildman–Crippen MR) is 73.5 cm³/mol. The zero-order valence-corrected chi connectivity index (χ0v) is 11.1. The molecule has 20 heavy (non-hydrogen) atoms. The largest absolute Gasteiger partial charge is 0.382 e. The summed E-state index contributed by atoms with van der Waals surface area (Å²) in [6.07, 6.45) is 0.930. The van der Waals surface area contributed by atoms with Crippen LogP contribution in [0.5, 0.6) is 0 Å². The Labute approximate surface area is 114 Å². The standard InChI is InChI=1S/C10H11FN6O2S/c1-20(18,19)17-7-3-2-6(11)4-8(7)15-16-9(5-12)10(13)14/h2-4,15,17H,1H3,(H3,13,14)/b16-9+. The van der Waals surface area contributed by atoms with Crippen LogP contribution in [0, 0.1) is 22.6 Å². The van der Waals surface area contributed by atoms with Crippen molar-refractivity contribution in [1.29, 1.82) is 10.7 Å². The number of hydrogen-bond acceptors (Lipinski definition) is 6. The Bertz CT molecular complexity index is 707. The van der Waals surface area contributed by atoms with E-state index in [1.807, 2.05) is 0 Å². The first kappa shape index (κ1) is 15.4. The molecule has 0 aliphatic heterocycles. The normalized spacial score (nSPS) is 11.6. The molecule has 0 saturated carbocycles. The lowest BCUT2D eigenvalue weighted by Crippen LogP contribution is -2.22. The zero-order valence-electron chi connectivity index (χ0n) is 10.3. The van der Waals surface area contributed by atoms with E-state index in [-0.39, 0.29) is 11.4 Å². The van der Waals surface area contributed by atoms with Crippen molar-refractivity contribution in [3.8, 4) is 6.07 Å². The number of nitrogens with two attached hydrogens (primary N) is 1. The number of nitrogens with zero attached hydrogens (tertiary/aromatic N) is 2. The third-order valence-electron chi connectivity index (χ3n) is 1.93. The summed E-state index contributed by atoms with van der Waals surface area (Å²) in [6.45, 7) is 0. The van der Waals surface area contributed by atoms with Crippen LogP contribution in [0.3, 0.4) is 0 Å². The van der Waals surface area contributed by atoms with Crippen molar-refractivity contribution in [2.24, 2.45) is 10.8 Å². The molecule has 0 aromatic heterocycles. The fourth-order valence-corrected chi connectivity index (χ4v) is 1.74. The van der Waals surface area contributed by atoms with E-state index in [1.165, 1.54) is 6.07 Å². The van der Waals surface area contributed by atoms with Crippen LogP contribution in [-0.4, -0.2) is 26.2 Å². The van der Waals surface area contributed by atoms with Crippen molar-refractivity contribution >= 4 is 32.9 Å². The highest BCUT2D eigenvalue weighted by molar-refractivity contribution is 7.92.